The lowest BCUT2D eigenvalue weighted by Gasteiger charge is -2.11. The van der Waals surface area contributed by atoms with Crippen LogP contribution in [0.15, 0.2) is 58.3 Å². The van der Waals surface area contributed by atoms with Gasteiger partial charge in [-0.25, -0.2) is 8.42 Å². The van der Waals surface area contributed by atoms with E-state index in [9.17, 15) is 23.6 Å². The van der Waals surface area contributed by atoms with Crippen LogP contribution in [0.2, 0.25) is 0 Å². The number of aliphatic hydroxyl groups excluding tert-OH is 1. The molecule has 6 nitrogen and oxygen atoms in total. The standard InChI is InChI=1S/C15H15NO5S2/c1-23(20,21)12-7-8-15(13(9-12)16(18)19)22-10-14(17)11-5-3-2-4-6-11/h2-9,14,17H,10H2,1H3/t14-/m0/s1. The van der Waals surface area contributed by atoms with Crippen LogP contribution in [0.1, 0.15) is 11.7 Å². The van der Waals surface area contributed by atoms with Crippen molar-refractivity contribution in [3.05, 3.63) is 64.2 Å². The summed E-state index contributed by atoms with van der Waals surface area (Å²) in [5.74, 6) is 0.225. The Balaban J connectivity index is 2.21. The predicted octanol–water partition coefficient (Wildman–Crippen LogP) is 2.82. The molecule has 0 unspecified atom stereocenters. The number of thioether (sulfide) groups is 1. The molecule has 122 valence electrons. The molecular formula is C15H15NO5S2. The first-order valence-electron chi connectivity index (χ1n) is 6.63. The van der Waals surface area contributed by atoms with Crippen molar-refractivity contribution in [3.63, 3.8) is 0 Å². The zero-order chi connectivity index (χ0) is 17.0. The fourth-order valence-corrected chi connectivity index (χ4v) is 3.55. The summed E-state index contributed by atoms with van der Waals surface area (Å²) in [6.07, 6.45) is 0.230. The van der Waals surface area contributed by atoms with Crippen LogP contribution >= 0.6 is 11.8 Å². The van der Waals surface area contributed by atoms with Gasteiger partial charge in [0.25, 0.3) is 5.69 Å². The molecule has 0 bridgehead atoms. The van der Waals surface area contributed by atoms with Gasteiger partial charge in [-0.1, -0.05) is 30.3 Å². The summed E-state index contributed by atoms with van der Waals surface area (Å²) in [6.45, 7) is 0. The third-order valence-electron chi connectivity index (χ3n) is 3.14. The molecule has 0 spiro atoms. The number of nitro benzene ring substituents is 1. The van der Waals surface area contributed by atoms with Gasteiger partial charge in [0.1, 0.15) is 0 Å². The van der Waals surface area contributed by atoms with Crippen molar-refractivity contribution in [2.24, 2.45) is 0 Å². The quantitative estimate of drug-likeness (QED) is 0.487. The van der Waals surface area contributed by atoms with E-state index in [4.69, 9.17) is 0 Å². The van der Waals surface area contributed by atoms with E-state index in [-0.39, 0.29) is 16.3 Å². The molecule has 0 fully saturated rings. The van der Waals surface area contributed by atoms with E-state index in [2.05, 4.69) is 0 Å². The van der Waals surface area contributed by atoms with E-state index in [0.29, 0.717) is 4.90 Å². The van der Waals surface area contributed by atoms with E-state index >= 15 is 0 Å². The molecule has 0 aliphatic rings. The predicted molar refractivity (Wildman–Crippen MR) is 88.3 cm³/mol. The van der Waals surface area contributed by atoms with Crippen molar-refractivity contribution in [3.8, 4) is 0 Å². The molecule has 2 aromatic rings. The lowest BCUT2D eigenvalue weighted by Crippen LogP contribution is -2.02. The molecule has 1 atom stereocenters. The smallest absolute Gasteiger partial charge is 0.284 e. The van der Waals surface area contributed by atoms with Crippen molar-refractivity contribution < 1.29 is 18.4 Å². The number of hydrogen-bond acceptors (Lipinski definition) is 6. The Kier molecular flexibility index (Phi) is 5.40. The summed E-state index contributed by atoms with van der Waals surface area (Å²) in [6, 6.07) is 12.7. The van der Waals surface area contributed by atoms with Crippen LogP contribution in [0, 0.1) is 10.1 Å². The van der Waals surface area contributed by atoms with Crippen molar-refractivity contribution in [2.45, 2.75) is 15.9 Å². The Labute approximate surface area is 138 Å². The lowest BCUT2D eigenvalue weighted by molar-refractivity contribution is -0.388. The second kappa shape index (κ2) is 7.12. The third-order valence-corrected chi connectivity index (χ3v) is 5.39. The van der Waals surface area contributed by atoms with E-state index in [1.807, 2.05) is 6.07 Å². The van der Waals surface area contributed by atoms with Gasteiger partial charge in [-0.15, -0.1) is 11.8 Å². The Morgan fingerprint density at radius 2 is 1.87 bits per heavy atom. The fourth-order valence-electron chi connectivity index (χ4n) is 1.93. The average molecular weight is 353 g/mol. The molecule has 2 aromatic carbocycles. The number of rotatable bonds is 6. The van der Waals surface area contributed by atoms with Crippen LogP contribution in [0.4, 0.5) is 5.69 Å². The van der Waals surface area contributed by atoms with E-state index < -0.39 is 20.9 Å². The summed E-state index contributed by atoms with van der Waals surface area (Å²) < 4.78 is 23.0. The van der Waals surface area contributed by atoms with Gasteiger partial charge in [-0.2, -0.15) is 0 Å². The molecular weight excluding hydrogens is 338 g/mol. The highest BCUT2D eigenvalue weighted by Crippen LogP contribution is 2.33. The van der Waals surface area contributed by atoms with Gasteiger partial charge < -0.3 is 5.11 Å². The summed E-state index contributed by atoms with van der Waals surface area (Å²) >= 11 is 1.11. The Bertz CT molecular complexity index is 806. The second-order valence-corrected chi connectivity index (χ2v) is 7.97. The molecule has 1 N–H and O–H groups in total. The lowest BCUT2D eigenvalue weighted by atomic mass is 10.1. The van der Waals surface area contributed by atoms with Gasteiger partial charge in [0.2, 0.25) is 0 Å². The monoisotopic (exact) mass is 353 g/mol. The fraction of sp³-hybridized carbons (Fsp3) is 0.200. The van der Waals surface area contributed by atoms with Gasteiger partial charge in [0.15, 0.2) is 9.84 Å². The molecule has 23 heavy (non-hydrogen) atoms. The number of nitrogens with zero attached hydrogens (tertiary/aromatic N) is 1. The first kappa shape index (κ1) is 17.5. The Hall–Kier alpha value is -1.90. The highest BCUT2D eigenvalue weighted by Gasteiger charge is 2.20. The molecule has 0 aliphatic heterocycles. The van der Waals surface area contributed by atoms with Crippen molar-refractivity contribution in [1.29, 1.82) is 0 Å². The number of aliphatic hydroxyl groups is 1. The van der Waals surface area contributed by atoms with Crippen LogP contribution < -0.4 is 0 Å². The molecule has 0 aliphatic carbocycles. The summed E-state index contributed by atoms with van der Waals surface area (Å²) in [5.41, 5.74) is 0.439. The van der Waals surface area contributed by atoms with Crippen molar-refractivity contribution in [2.75, 3.05) is 12.0 Å². The van der Waals surface area contributed by atoms with Gasteiger partial charge >= 0.3 is 0 Å². The maximum Gasteiger partial charge on any atom is 0.284 e. The minimum Gasteiger partial charge on any atom is -0.388 e. The molecule has 0 radical (unpaired) electrons. The summed E-state index contributed by atoms with van der Waals surface area (Å²) in [4.78, 5) is 10.7. The van der Waals surface area contributed by atoms with Crippen LogP contribution in [0.5, 0.6) is 0 Å². The topological polar surface area (TPSA) is 97.5 Å². The minimum absolute atomic E-state index is 0.0999. The zero-order valence-corrected chi connectivity index (χ0v) is 13.9. The molecule has 2 rings (SSSR count). The minimum atomic E-state index is -3.51. The SMILES string of the molecule is CS(=O)(=O)c1ccc(SC[C@H](O)c2ccccc2)c([N+](=O)[O-])c1. The normalized spacial score (nSPS) is 12.8. The van der Waals surface area contributed by atoms with Gasteiger partial charge in [0.05, 0.1) is 20.8 Å². The average Bonchev–Trinajstić information content (AvgIpc) is 2.52. The molecule has 0 saturated carbocycles. The number of nitro groups is 1. The van der Waals surface area contributed by atoms with E-state index in [1.165, 1.54) is 12.1 Å². The molecule has 0 heterocycles. The highest BCUT2D eigenvalue weighted by molar-refractivity contribution is 7.99. The van der Waals surface area contributed by atoms with Gasteiger partial charge in [-0.3, -0.25) is 10.1 Å². The van der Waals surface area contributed by atoms with Gasteiger partial charge in [-0.05, 0) is 17.7 Å². The largest absolute Gasteiger partial charge is 0.388 e. The van der Waals surface area contributed by atoms with Gasteiger partial charge in [0, 0.05) is 18.1 Å². The molecule has 0 saturated heterocycles. The second-order valence-electron chi connectivity index (χ2n) is 4.90. The molecule has 0 amide bonds. The van der Waals surface area contributed by atoms with Crippen LogP contribution in [-0.4, -0.2) is 30.5 Å². The summed E-state index contributed by atoms with van der Waals surface area (Å²) in [7, 11) is -3.51. The third kappa shape index (κ3) is 4.54. The first-order chi connectivity index (χ1) is 10.8. The Morgan fingerprint density at radius 1 is 1.22 bits per heavy atom. The molecule has 0 aromatic heterocycles. The van der Waals surface area contributed by atoms with Crippen molar-refractivity contribution in [1.82, 2.24) is 0 Å². The Morgan fingerprint density at radius 3 is 2.43 bits per heavy atom. The van der Waals surface area contributed by atoms with E-state index in [0.717, 1.165) is 29.6 Å². The summed E-state index contributed by atoms with van der Waals surface area (Å²) in [5, 5.41) is 21.3. The van der Waals surface area contributed by atoms with Crippen LogP contribution in [-0.2, 0) is 9.84 Å². The van der Waals surface area contributed by atoms with Crippen LogP contribution in [0.25, 0.3) is 0 Å². The van der Waals surface area contributed by atoms with Crippen molar-refractivity contribution >= 4 is 27.3 Å². The maximum absolute atomic E-state index is 11.5. The number of benzene rings is 2. The molecule has 8 heteroatoms. The zero-order valence-electron chi connectivity index (χ0n) is 12.2. The number of hydrogen-bond donors (Lipinski definition) is 1. The first-order valence-corrected chi connectivity index (χ1v) is 9.51. The van der Waals surface area contributed by atoms with Crippen LogP contribution in [0.3, 0.4) is 0 Å². The maximum atomic E-state index is 11.5. The van der Waals surface area contributed by atoms with E-state index in [1.54, 1.807) is 24.3 Å². The highest BCUT2D eigenvalue weighted by atomic mass is 32.2. The number of sulfone groups is 1.